The van der Waals surface area contributed by atoms with Crippen LogP contribution in [-0.2, 0) is 4.74 Å². The second kappa shape index (κ2) is 3.20. The van der Waals surface area contributed by atoms with Gasteiger partial charge in [-0.3, -0.25) is 0 Å². The molecule has 0 bridgehead atoms. The smallest absolute Gasteiger partial charge is 0.339 e. The highest BCUT2D eigenvalue weighted by atomic mass is 79.9. The predicted octanol–water partition coefficient (Wildman–Crippen LogP) is 2.62. The third kappa shape index (κ3) is 1.21. The minimum atomic E-state index is -0.544. The van der Waals surface area contributed by atoms with Gasteiger partial charge in [0.1, 0.15) is 6.10 Å². The number of hydrogen-bond donors (Lipinski definition) is 0. The van der Waals surface area contributed by atoms with Crippen LogP contribution in [0, 0.1) is 5.82 Å². The maximum absolute atomic E-state index is 13.9. The largest absolute Gasteiger partial charge is 0.486 e. The lowest BCUT2D eigenvalue weighted by atomic mass is 10.1. The van der Waals surface area contributed by atoms with Gasteiger partial charge in [0.2, 0.25) is 0 Å². The molecular weight excluding hydrogens is 279 g/mol. The van der Waals surface area contributed by atoms with Crippen molar-refractivity contribution in [3.8, 4) is 5.75 Å². The van der Waals surface area contributed by atoms with E-state index in [1.54, 1.807) is 6.07 Å². The van der Waals surface area contributed by atoms with Crippen LogP contribution < -0.4 is 4.74 Å². The summed E-state index contributed by atoms with van der Waals surface area (Å²) in [7, 11) is 1.27. The van der Waals surface area contributed by atoms with Crippen molar-refractivity contribution < 1.29 is 18.7 Å². The molecule has 3 nitrogen and oxygen atoms in total. The lowest BCUT2D eigenvalue weighted by Gasteiger charge is -2.09. The van der Waals surface area contributed by atoms with Gasteiger partial charge in [-0.25, -0.2) is 9.18 Å². The monoisotopic (exact) mass is 286 g/mol. The molecule has 0 aromatic heterocycles. The molecule has 2 atom stereocenters. The normalized spacial score (nSPS) is 24.4. The van der Waals surface area contributed by atoms with Gasteiger partial charge in [-0.05, 0) is 28.4 Å². The van der Waals surface area contributed by atoms with Gasteiger partial charge in [-0.2, -0.15) is 0 Å². The molecule has 1 aromatic carbocycles. The van der Waals surface area contributed by atoms with Crippen molar-refractivity contribution in [1.29, 1.82) is 0 Å². The third-order valence-corrected chi connectivity index (χ3v) is 3.77. The van der Waals surface area contributed by atoms with E-state index in [2.05, 4.69) is 20.7 Å². The Balaban J connectivity index is 2.17. The summed E-state index contributed by atoms with van der Waals surface area (Å²) in [4.78, 5) is 11.4. The van der Waals surface area contributed by atoms with E-state index < -0.39 is 11.8 Å². The van der Waals surface area contributed by atoms with E-state index >= 15 is 0 Å². The maximum Gasteiger partial charge on any atom is 0.339 e. The molecule has 2 aliphatic rings. The highest BCUT2D eigenvalue weighted by Gasteiger charge is 2.50. The molecule has 2 unspecified atom stereocenters. The van der Waals surface area contributed by atoms with E-state index in [4.69, 9.17) is 4.74 Å². The lowest BCUT2D eigenvalue weighted by molar-refractivity contribution is 0.0599. The predicted molar refractivity (Wildman–Crippen MR) is 57.2 cm³/mol. The summed E-state index contributed by atoms with van der Waals surface area (Å²) in [5, 5.41) is 0. The second-order valence-electron chi connectivity index (χ2n) is 3.96. The SMILES string of the molecule is COC(=O)c1cc2c(c(F)c1Br)OC1CC21. The summed E-state index contributed by atoms with van der Waals surface area (Å²) in [6.07, 6.45) is 1.01. The Morgan fingerprint density at radius 2 is 2.44 bits per heavy atom. The van der Waals surface area contributed by atoms with E-state index in [1.165, 1.54) is 7.11 Å². The topological polar surface area (TPSA) is 35.5 Å². The molecule has 1 fully saturated rings. The molecule has 1 aliphatic heterocycles. The number of carbonyl (C=O) groups excluding carboxylic acids is 1. The number of methoxy groups -OCH3 is 1. The molecule has 5 heteroatoms. The van der Waals surface area contributed by atoms with Gasteiger partial charge in [0, 0.05) is 11.5 Å². The van der Waals surface area contributed by atoms with Crippen molar-refractivity contribution in [2.75, 3.05) is 7.11 Å². The summed E-state index contributed by atoms with van der Waals surface area (Å²) >= 11 is 3.05. The van der Waals surface area contributed by atoms with Crippen LogP contribution >= 0.6 is 15.9 Å². The number of benzene rings is 1. The molecule has 16 heavy (non-hydrogen) atoms. The van der Waals surface area contributed by atoms with Crippen LogP contribution in [0.3, 0.4) is 0 Å². The highest BCUT2D eigenvalue weighted by molar-refractivity contribution is 9.10. The quantitative estimate of drug-likeness (QED) is 0.745. The molecule has 1 saturated carbocycles. The fraction of sp³-hybridized carbons (Fsp3) is 0.364. The van der Waals surface area contributed by atoms with Crippen LogP contribution in [0.15, 0.2) is 10.5 Å². The fourth-order valence-corrected chi connectivity index (χ4v) is 2.52. The van der Waals surface area contributed by atoms with Crippen LogP contribution in [-0.4, -0.2) is 19.2 Å². The Kier molecular flexibility index (Phi) is 2.01. The summed E-state index contributed by atoms with van der Waals surface area (Å²) in [5.41, 5.74) is 1.00. The zero-order valence-electron chi connectivity index (χ0n) is 8.42. The molecule has 84 valence electrons. The van der Waals surface area contributed by atoms with Crippen molar-refractivity contribution in [3.05, 3.63) is 27.5 Å². The number of carbonyl (C=O) groups is 1. The molecule has 0 spiro atoms. The molecule has 0 saturated heterocycles. The molecule has 1 aliphatic carbocycles. The van der Waals surface area contributed by atoms with Crippen molar-refractivity contribution in [2.24, 2.45) is 0 Å². The Hall–Kier alpha value is -1.10. The summed E-state index contributed by atoms with van der Waals surface area (Å²) in [6.45, 7) is 0. The van der Waals surface area contributed by atoms with Crippen LogP contribution in [0.25, 0.3) is 0 Å². The second-order valence-corrected chi connectivity index (χ2v) is 4.75. The standard InChI is InChI=1S/C11H8BrFO3/c1-15-11(14)6-2-5-4-3-7(4)16-10(5)9(13)8(6)12/h2,4,7H,3H2,1H3. The number of ether oxygens (including phenoxy) is 2. The first-order valence-corrected chi connectivity index (χ1v) is 5.69. The summed E-state index contributed by atoms with van der Waals surface area (Å²) < 4.78 is 24.0. The maximum atomic E-state index is 13.9. The van der Waals surface area contributed by atoms with E-state index in [9.17, 15) is 9.18 Å². The molecule has 0 radical (unpaired) electrons. The first-order chi connectivity index (χ1) is 7.63. The minimum Gasteiger partial charge on any atom is -0.486 e. The summed E-state index contributed by atoms with van der Waals surface area (Å²) in [5.74, 6) is -0.524. The van der Waals surface area contributed by atoms with Crippen molar-refractivity contribution in [2.45, 2.75) is 18.4 Å². The van der Waals surface area contributed by atoms with Gasteiger partial charge in [0.25, 0.3) is 0 Å². The number of hydrogen-bond acceptors (Lipinski definition) is 3. The average Bonchev–Trinajstić information content (AvgIpc) is 2.97. The third-order valence-electron chi connectivity index (χ3n) is 3.00. The van der Waals surface area contributed by atoms with Crippen LogP contribution in [0.4, 0.5) is 4.39 Å². The van der Waals surface area contributed by atoms with Crippen LogP contribution in [0.1, 0.15) is 28.3 Å². The average molecular weight is 287 g/mol. The van der Waals surface area contributed by atoms with Gasteiger partial charge in [0.15, 0.2) is 11.6 Å². The molecular formula is C11H8BrFO3. The van der Waals surface area contributed by atoms with Gasteiger partial charge in [-0.15, -0.1) is 0 Å². The zero-order chi connectivity index (χ0) is 11.4. The van der Waals surface area contributed by atoms with E-state index in [0.717, 1.165) is 12.0 Å². The first kappa shape index (κ1) is 10.1. The lowest BCUT2D eigenvalue weighted by Crippen LogP contribution is -2.05. The van der Waals surface area contributed by atoms with E-state index in [1.807, 2.05) is 0 Å². The fourth-order valence-electron chi connectivity index (χ4n) is 2.06. The molecule has 3 rings (SSSR count). The Morgan fingerprint density at radius 3 is 3.12 bits per heavy atom. The molecule has 0 amide bonds. The summed E-state index contributed by atoms with van der Waals surface area (Å²) in [6, 6.07) is 1.66. The van der Waals surface area contributed by atoms with Crippen molar-refractivity contribution in [1.82, 2.24) is 0 Å². The van der Waals surface area contributed by atoms with Gasteiger partial charge < -0.3 is 9.47 Å². The minimum absolute atomic E-state index is 0.101. The van der Waals surface area contributed by atoms with Gasteiger partial charge >= 0.3 is 5.97 Å². The molecule has 0 N–H and O–H groups in total. The van der Waals surface area contributed by atoms with Gasteiger partial charge in [-0.1, -0.05) is 0 Å². The Bertz CT molecular complexity index is 500. The van der Waals surface area contributed by atoms with E-state index in [0.29, 0.717) is 0 Å². The van der Waals surface area contributed by atoms with E-state index in [-0.39, 0.29) is 27.8 Å². The highest BCUT2D eigenvalue weighted by Crippen LogP contribution is 2.55. The number of rotatable bonds is 1. The Labute approximate surface area is 99.7 Å². The number of fused-ring (bicyclic) bond motifs is 3. The number of halogens is 2. The first-order valence-electron chi connectivity index (χ1n) is 4.90. The van der Waals surface area contributed by atoms with Crippen LogP contribution in [0.2, 0.25) is 0 Å². The van der Waals surface area contributed by atoms with Gasteiger partial charge in [0.05, 0.1) is 17.1 Å². The van der Waals surface area contributed by atoms with Crippen LogP contribution in [0.5, 0.6) is 5.75 Å². The molecule has 1 heterocycles. The molecule has 1 aromatic rings. The zero-order valence-corrected chi connectivity index (χ0v) is 10.0. The van der Waals surface area contributed by atoms with Crippen molar-refractivity contribution >= 4 is 21.9 Å². The number of esters is 1. The van der Waals surface area contributed by atoms with Crippen molar-refractivity contribution in [3.63, 3.8) is 0 Å². The Morgan fingerprint density at radius 1 is 1.69 bits per heavy atom.